The number of benzene rings is 3. The van der Waals surface area contributed by atoms with Crippen LogP contribution in [0.1, 0.15) is 52.5 Å². The highest BCUT2D eigenvalue weighted by molar-refractivity contribution is 5.92. The summed E-state index contributed by atoms with van der Waals surface area (Å²) in [5, 5.41) is 21.1. The number of aromatic carboxylic acids is 1. The fourth-order valence-electron chi connectivity index (χ4n) is 8.10. The third kappa shape index (κ3) is 6.52. The second kappa shape index (κ2) is 14.0. The second-order valence-electron chi connectivity index (χ2n) is 13.4. The standard InChI is InChI=1S/C39H42N4O4.ClH/c1-3-33-36(40-38(45)35(37(33)44)39(46)47)27-14-15-34-28(16-27)17-32(41(34)2)24-42-22-29-18-31(19-30(29)23-42)43(20-25-10-6-4-7-11-25)21-26-12-8-5-9-13-26;/h4-17,29-31H,3,18-24H2,1-2H3,(H,46,47)(H2,40,44,45);1H/t29-,30+,31-;. The molecule has 3 heterocycles. The van der Waals surface area contributed by atoms with E-state index in [-0.39, 0.29) is 12.4 Å². The van der Waals surface area contributed by atoms with Crippen LogP contribution in [0.5, 0.6) is 5.75 Å². The van der Waals surface area contributed by atoms with Crippen LogP contribution < -0.4 is 5.56 Å². The Hall–Kier alpha value is -4.37. The predicted octanol–water partition coefficient (Wildman–Crippen LogP) is 6.83. The van der Waals surface area contributed by atoms with Gasteiger partial charge < -0.3 is 19.8 Å². The molecule has 3 atom stereocenters. The van der Waals surface area contributed by atoms with Gasteiger partial charge in [0.25, 0.3) is 5.56 Å². The Kier molecular flexibility index (Phi) is 9.78. The molecule has 2 aliphatic rings. The van der Waals surface area contributed by atoms with Crippen molar-refractivity contribution in [3.63, 3.8) is 0 Å². The van der Waals surface area contributed by atoms with Gasteiger partial charge in [-0.1, -0.05) is 73.7 Å². The first-order valence-electron chi connectivity index (χ1n) is 16.6. The molecule has 1 saturated heterocycles. The van der Waals surface area contributed by atoms with E-state index in [2.05, 4.69) is 93.1 Å². The molecule has 1 aliphatic carbocycles. The average Bonchev–Trinajstić information content (AvgIpc) is 3.72. The number of carboxylic acids is 1. The van der Waals surface area contributed by atoms with Crippen LogP contribution in [0, 0.1) is 11.8 Å². The zero-order valence-electron chi connectivity index (χ0n) is 27.4. The lowest BCUT2D eigenvalue weighted by molar-refractivity contribution is 0.0691. The van der Waals surface area contributed by atoms with Gasteiger partial charge in [-0.15, -0.1) is 12.4 Å². The Bertz CT molecular complexity index is 1920. The molecule has 5 aromatic rings. The zero-order chi connectivity index (χ0) is 32.7. The number of aryl methyl sites for hydroxylation is 1. The second-order valence-corrected chi connectivity index (χ2v) is 13.4. The van der Waals surface area contributed by atoms with E-state index in [0.717, 1.165) is 49.2 Å². The summed E-state index contributed by atoms with van der Waals surface area (Å²) in [6.45, 7) is 6.86. The molecular weight excluding hydrogens is 624 g/mol. The highest BCUT2D eigenvalue weighted by Gasteiger charge is 2.42. The van der Waals surface area contributed by atoms with E-state index in [1.807, 2.05) is 25.1 Å². The number of rotatable bonds is 10. The maximum absolute atomic E-state index is 12.6. The number of nitrogens with one attached hydrogen (secondary N) is 1. The first-order chi connectivity index (χ1) is 22.8. The van der Waals surface area contributed by atoms with E-state index >= 15 is 0 Å². The van der Waals surface area contributed by atoms with Gasteiger partial charge in [0.2, 0.25) is 0 Å². The summed E-state index contributed by atoms with van der Waals surface area (Å²) < 4.78 is 2.24. The Morgan fingerprint density at radius 1 is 0.917 bits per heavy atom. The van der Waals surface area contributed by atoms with Gasteiger partial charge >= 0.3 is 5.97 Å². The highest BCUT2D eigenvalue weighted by atomic mass is 35.5. The minimum atomic E-state index is -1.44. The Labute approximate surface area is 287 Å². The van der Waals surface area contributed by atoms with Crippen LogP contribution in [0.3, 0.4) is 0 Å². The fraction of sp³-hybridized carbons (Fsp3) is 0.333. The number of pyridine rings is 1. The van der Waals surface area contributed by atoms with E-state index in [4.69, 9.17) is 0 Å². The highest BCUT2D eigenvalue weighted by Crippen LogP contribution is 2.42. The fourth-order valence-corrected chi connectivity index (χ4v) is 8.10. The summed E-state index contributed by atoms with van der Waals surface area (Å²) in [6, 6.07) is 30.4. The minimum absolute atomic E-state index is 0. The van der Waals surface area contributed by atoms with E-state index in [1.54, 1.807) is 0 Å². The quantitative estimate of drug-likeness (QED) is 0.151. The van der Waals surface area contributed by atoms with Gasteiger partial charge in [0.05, 0.1) is 5.69 Å². The minimum Gasteiger partial charge on any atom is -0.506 e. The maximum atomic E-state index is 12.6. The molecule has 0 unspecified atom stereocenters. The van der Waals surface area contributed by atoms with Crippen molar-refractivity contribution in [3.05, 3.63) is 123 Å². The molecule has 8 nitrogen and oxygen atoms in total. The van der Waals surface area contributed by atoms with Crippen molar-refractivity contribution in [2.75, 3.05) is 13.1 Å². The van der Waals surface area contributed by atoms with Crippen molar-refractivity contribution < 1.29 is 15.0 Å². The van der Waals surface area contributed by atoms with Gasteiger partial charge in [-0.2, -0.15) is 0 Å². The molecule has 0 bridgehead atoms. The smallest absolute Gasteiger partial charge is 0.345 e. The third-order valence-electron chi connectivity index (χ3n) is 10.4. The number of aromatic amines is 1. The summed E-state index contributed by atoms with van der Waals surface area (Å²) in [5.74, 6) is -0.508. The first kappa shape index (κ1) is 33.5. The summed E-state index contributed by atoms with van der Waals surface area (Å²) in [5.41, 5.74) is 5.27. The molecular formula is C39H43ClN4O4. The summed E-state index contributed by atoms with van der Waals surface area (Å²) in [7, 11) is 2.10. The van der Waals surface area contributed by atoms with Crippen molar-refractivity contribution in [2.45, 2.75) is 51.9 Å². The largest absolute Gasteiger partial charge is 0.506 e. The number of likely N-dealkylation sites (tertiary alicyclic amines) is 1. The molecule has 1 saturated carbocycles. The van der Waals surface area contributed by atoms with Crippen LogP contribution in [-0.2, 0) is 33.1 Å². The number of carboxylic acid groups (broad SMARTS) is 1. The SMILES string of the molecule is CCc1c(-c2ccc3c(c2)cc(CN2C[C@H]4C[C@@H](N(Cc5ccccc5)Cc5ccccc5)C[C@H]4C2)n3C)[nH]c(=O)c(C(=O)O)c1O.Cl. The van der Waals surface area contributed by atoms with Crippen molar-refractivity contribution in [3.8, 4) is 17.0 Å². The van der Waals surface area contributed by atoms with Gasteiger partial charge in [0.15, 0.2) is 5.56 Å². The van der Waals surface area contributed by atoms with Gasteiger partial charge in [-0.25, -0.2) is 4.79 Å². The van der Waals surface area contributed by atoms with E-state index in [1.165, 1.54) is 29.7 Å². The summed E-state index contributed by atoms with van der Waals surface area (Å²) in [4.78, 5) is 32.2. The zero-order valence-corrected chi connectivity index (χ0v) is 28.2. The number of carbonyl (C=O) groups is 1. The number of hydrogen-bond acceptors (Lipinski definition) is 5. The van der Waals surface area contributed by atoms with E-state index in [9.17, 15) is 19.8 Å². The number of aromatic hydroxyl groups is 1. The normalized spacial score (nSPS) is 19.1. The van der Waals surface area contributed by atoms with Crippen LogP contribution in [0.25, 0.3) is 22.2 Å². The molecule has 1 aliphatic heterocycles. The average molecular weight is 667 g/mol. The molecule has 3 aromatic carbocycles. The van der Waals surface area contributed by atoms with Crippen LogP contribution >= 0.6 is 12.4 Å². The molecule has 250 valence electrons. The molecule has 0 spiro atoms. The summed E-state index contributed by atoms with van der Waals surface area (Å²) >= 11 is 0. The molecule has 2 fully saturated rings. The lowest BCUT2D eigenvalue weighted by Gasteiger charge is -2.30. The van der Waals surface area contributed by atoms with E-state index < -0.39 is 22.8 Å². The van der Waals surface area contributed by atoms with Gasteiger partial charge in [-0.3, -0.25) is 14.6 Å². The van der Waals surface area contributed by atoms with E-state index in [0.29, 0.717) is 35.6 Å². The van der Waals surface area contributed by atoms with Gasteiger partial charge in [-0.05, 0) is 66.0 Å². The van der Waals surface area contributed by atoms with Crippen molar-refractivity contribution in [1.29, 1.82) is 0 Å². The molecule has 0 amide bonds. The van der Waals surface area contributed by atoms with Crippen LogP contribution in [0.15, 0.2) is 89.7 Å². The molecule has 9 heteroatoms. The number of nitrogens with zero attached hydrogens (tertiary/aromatic N) is 3. The van der Waals surface area contributed by atoms with Crippen LogP contribution in [0.4, 0.5) is 0 Å². The number of hydrogen-bond donors (Lipinski definition) is 3. The maximum Gasteiger partial charge on any atom is 0.345 e. The Morgan fingerprint density at radius 3 is 2.08 bits per heavy atom. The van der Waals surface area contributed by atoms with Gasteiger partial charge in [0.1, 0.15) is 5.75 Å². The molecule has 7 rings (SSSR count). The number of fused-ring (bicyclic) bond motifs is 2. The monoisotopic (exact) mass is 666 g/mol. The van der Waals surface area contributed by atoms with Crippen LogP contribution in [0.2, 0.25) is 0 Å². The van der Waals surface area contributed by atoms with Crippen molar-refractivity contribution >= 4 is 29.3 Å². The van der Waals surface area contributed by atoms with Crippen LogP contribution in [-0.4, -0.2) is 54.7 Å². The molecule has 48 heavy (non-hydrogen) atoms. The summed E-state index contributed by atoms with van der Waals surface area (Å²) in [6.07, 6.45) is 2.83. The topological polar surface area (TPSA) is 102 Å². The number of H-pyrrole nitrogens is 1. The first-order valence-corrected chi connectivity index (χ1v) is 16.6. The molecule has 0 radical (unpaired) electrons. The molecule has 3 N–H and O–H groups in total. The Morgan fingerprint density at radius 2 is 1.52 bits per heavy atom. The lowest BCUT2D eigenvalue weighted by Crippen LogP contribution is -2.34. The van der Waals surface area contributed by atoms with Crippen molar-refractivity contribution in [1.82, 2.24) is 19.4 Å². The molecule has 2 aromatic heterocycles. The predicted molar refractivity (Wildman–Crippen MR) is 192 cm³/mol. The lowest BCUT2D eigenvalue weighted by atomic mass is 9.99. The third-order valence-corrected chi connectivity index (χ3v) is 10.4. The van der Waals surface area contributed by atoms with Gasteiger partial charge in [0, 0.05) is 68.0 Å². The van der Waals surface area contributed by atoms with Crippen molar-refractivity contribution in [2.24, 2.45) is 18.9 Å². The Balaban J connectivity index is 0.00000401. The number of aromatic nitrogens is 2. The number of halogens is 1.